The number of nitrogens with zero attached hydrogens (tertiary/aromatic N) is 2. The summed E-state index contributed by atoms with van der Waals surface area (Å²) in [6.07, 6.45) is 2.90. The third-order valence-electron chi connectivity index (χ3n) is 3.67. The monoisotopic (exact) mass is 291 g/mol. The van der Waals surface area contributed by atoms with Crippen molar-refractivity contribution in [2.45, 2.75) is 26.3 Å². The molecule has 114 valence electrons. The summed E-state index contributed by atoms with van der Waals surface area (Å²) in [5.41, 5.74) is 6.83. The summed E-state index contributed by atoms with van der Waals surface area (Å²) in [5, 5.41) is 0. The molecule has 1 aromatic heterocycles. The van der Waals surface area contributed by atoms with Crippen molar-refractivity contribution in [3.05, 3.63) is 29.6 Å². The van der Waals surface area contributed by atoms with E-state index >= 15 is 0 Å². The zero-order valence-electron chi connectivity index (χ0n) is 12.2. The van der Waals surface area contributed by atoms with Gasteiger partial charge in [-0.15, -0.1) is 0 Å². The van der Waals surface area contributed by atoms with Gasteiger partial charge in [-0.25, -0.2) is 0 Å². The fourth-order valence-corrected chi connectivity index (χ4v) is 2.48. The van der Waals surface area contributed by atoms with Crippen LogP contribution in [0.25, 0.3) is 0 Å². The molecule has 1 fully saturated rings. The van der Waals surface area contributed by atoms with Gasteiger partial charge in [-0.2, -0.15) is 0 Å². The molecule has 2 heterocycles. The normalized spacial score (nSPS) is 15.8. The SMILES string of the molecule is CCOC(=O)C1CCN(C(=O)c2ccnc(CN)c2)CC1. The third kappa shape index (κ3) is 3.78. The average molecular weight is 291 g/mol. The fourth-order valence-electron chi connectivity index (χ4n) is 2.48. The quantitative estimate of drug-likeness (QED) is 0.835. The van der Waals surface area contributed by atoms with Crippen LogP contribution in [0.3, 0.4) is 0 Å². The Morgan fingerprint density at radius 3 is 2.76 bits per heavy atom. The lowest BCUT2D eigenvalue weighted by Gasteiger charge is -2.31. The molecule has 0 saturated carbocycles. The summed E-state index contributed by atoms with van der Waals surface area (Å²) in [4.78, 5) is 29.9. The maximum absolute atomic E-state index is 12.4. The van der Waals surface area contributed by atoms with Gasteiger partial charge >= 0.3 is 5.97 Å². The first-order valence-electron chi connectivity index (χ1n) is 7.26. The van der Waals surface area contributed by atoms with Crippen LogP contribution >= 0.6 is 0 Å². The van der Waals surface area contributed by atoms with Crippen LogP contribution in [0.2, 0.25) is 0 Å². The Kier molecular flexibility index (Phi) is 5.27. The second-order valence-corrected chi connectivity index (χ2v) is 5.06. The average Bonchev–Trinajstić information content (AvgIpc) is 2.54. The molecule has 0 atom stereocenters. The van der Waals surface area contributed by atoms with Crippen LogP contribution in [0.4, 0.5) is 0 Å². The van der Waals surface area contributed by atoms with Crippen LogP contribution in [0.1, 0.15) is 35.8 Å². The number of pyridine rings is 1. The lowest BCUT2D eigenvalue weighted by Crippen LogP contribution is -2.40. The van der Waals surface area contributed by atoms with Gasteiger partial charge in [0.05, 0.1) is 18.2 Å². The van der Waals surface area contributed by atoms with E-state index in [1.165, 1.54) is 0 Å². The number of aromatic nitrogens is 1. The van der Waals surface area contributed by atoms with Gasteiger partial charge in [0.25, 0.3) is 5.91 Å². The van der Waals surface area contributed by atoms with E-state index in [4.69, 9.17) is 10.5 Å². The predicted octanol–water partition coefficient (Wildman–Crippen LogP) is 0.956. The Morgan fingerprint density at radius 1 is 1.43 bits per heavy atom. The number of carbonyl (C=O) groups excluding carboxylic acids is 2. The zero-order valence-corrected chi connectivity index (χ0v) is 12.2. The molecule has 1 amide bonds. The summed E-state index contributed by atoms with van der Waals surface area (Å²) in [6, 6.07) is 3.42. The molecular weight excluding hydrogens is 270 g/mol. The predicted molar refractivity (Wildman–Crippen MR) is 77.4 cm³/mol. The smallest absolute Gasteiger partial charge is 0.309 e. The highest BCUT2D eigenvalue weighted by Gasteiger charge is 2.28. The Labute approximate surface area is 124 Å². The number of nitrogens with two attached hydrogens (primary N) is 1. The summed E-state index contributed by atoms with van der Waals surface area (Å²) >= 11 is 0. The number of hydrogen-bond acceptors (Lipinski definition) is 5. The Hall–Kier alpha value is -1.95. The third-order valence-corrected chi connectivity index (χ3v) is 3.67. The standard InChI is InChI=1S/C15H21N3O3/c1-2-21-15(20)11-4-7-18(8-5-11)14(19)12-3-6-17-13(9-12)10-16/h3,6,9,11H,2,4-5,7-8,10,16H2,1H3. The Balaban J connectivity index is 1.95. The highest BCUT2D eigenvalue weighted by molar-refractivity contribution is 5.94. The van der Waals surface area contributed by atoms with E-state index in [2.05, 4.69) is 4.98 Å². The lowest BCUT2D eigenvalue weighted by molar-refractivity contribution is -0.149. The van der Waals surface area contributed by atoms with E-state index < -0.39 is 0 Å². The van der Waals surface area contributed by atoms with Crippen LogP contribution in [0, 0.1) is 5.92 Å². The van der Waals surface area contributed by atoms with E-state index in [9.17, 15) is 9.59 Å². The van der Waals surface area contributed by atoms with Crippen molar-refractivity contribution in [3.63, 3.8) is 0 Å². The summed E-state index contributed by atoms with van der Waals surface area (Å²) in [5.74, 6) is -0.278. The maximum atomic E-state index is 12.4. The molecule has 0 radical (unpaired) electrons. The van der Waals surface area contributed by atoms with Gasteiger partial charge in [-0.1, -0.05) is 0 Å². The number of esters is 1. The number of likely N-dealkylation sites (tertiary alicyclic amines) is 1. The van der Waals surface area contributed by atoms with Crippen molar-refractivity contribution < 1.29 is 14.3 Å². The molecule has 0 unspecified atom stereocenters. The van der Waals surface area contributed by atoms with Crippen LogP contribution < -0.4 is 5.73 Å². The van der Waals surface area contributed by atoms with Gasteiger partial charge in [0, 0.05) is 31.4 Å². The molecule has 2 rings (SSSR count). The molecule has 0 spiro atoms. The number of rotatable bonds is 4. The highest BCUT2D eigenvalue weighted by Crippen LogP contribution is 2.20. The first-order chi connectivity index (χ1) is 10.2. The summed E-state index contributed by atoms with van der Waals surface area (Å²) in [7, 11) is 0. The van der Waals surface area contributed by atoms with Crippen molar-refractivity contribution in [1.82, 2.24) is 9.88 Å². The highest BCUT2D eigenvalue weighted by atomic mass is 16.5. The van der Waals surface area contributed by atoms with Gasteiger partial charge in [-0.05, 0) is 31.9 Å². The molecular formula is C15H21N3O3. The molecule has 1 saturated heterocycles. The van der Waals surface area contributed by atoms with E-state index in [1.807, 2.05) is 0 Å². The van der Waals surface area contributed by atoms with Crippen molar-refractivity contribution in [3.8, 4) is 0 Å². The van der Waals surface area contributed by atoms with Crippen molar-refractivity contribution >= 4 is 11.9 Å². The number of hydrogen-bond donors (Lipinski definition) is 1. The topological polar surface area (TPSA) is 85.5 Å². The summed E-state index contributed by atoms with van der Waals surface area (Å²) in [6.45, 7) is 3.66. The molecule has 6 heteroatoms. The number of piperidine rings is 1. The molecule has 0 bridgehead atoms. The minimum atomic E-state index is -0.154. The minimum Gasteiger partial charge on any atom is -0.466 e. The Morgan fingerprint density at radius 2 is 2.14 bits per heavy atom. The van der Waals surface area contributed by atoms with Crippen molar-refractivity contribution in [2.75, 3.05) is 19.7 Å². The van der Waals surface area contributed by atoms with Gasteiger partial charge in [-0.3, -0.25) is 14.6 Å². The molecule has 21 heavy (non-hydrogen) atoms. The second-order valence-electron chi connectivity index (χ2n) is 5.06. The Bertz CT molecular complexity index is 511. The molecule has 6 nitrogen and oxygen atoms in total. The second kappa shape index (κ2) is 7.17. The number of ether oxygens (including phenoxy) is 1. The van der Waals surface area contributed by atoms with Crippen LogP contribution in [0.5, 0.6) is 0 Å². The van der Waals surface area contributed by atoms with E-state index in [-0.39, 0.29) is 17.8 Å². The van der Waals surface area contributed by atoms with Gasteiger partial charge in [0.15, 0.2) is 0 Å². The van der Waals surface area contributed by atoms with Gasteiger partial charge in [0.1, 0.15) is 0 Å². The summed E-state index contributed by atoms with van der Waals surface area (Å²) < 4.78 is 5.03. The van der Waals surface area contributed by atoms with E-state index in [0.717, 1.165) is 0 Å². The van der Waals surface area contributed by atoms with Gasteiger partial charge in [0.2, 0.25) is 0 Å². The van der Waals surface area contributed by atoms with Crippen LogP contribution in [0.15, 0.2) is 18.3 Å². The first kappa shape index (κ1) is 15.4. The number of amides is 1. The van der Waals surface area contributed by atoms with Gasteiger partial charge < -0.3 is 15.4 Å². The maximum Gasteiger partial charge on any atom is 0.309 e. The number of carbonyl (C=O) groups is 2. The van der Waals surface area contributed by atoms with Crippen molar-refractivity contribution in [2.24, 2.45) is 11.7 Å². The lowest BCUT2D eigenvalue weighted by atomic mass is 9.96. The van der Waals surface area contributed by atoms with E-state index in [1.54, 1.807) is 30.2 Å². The van der Waals surface area contributed by atoms with E-state index in [0.29, 0.717) is 50.3 Å². The molecule has 2 N–H and O–H groups in total. The molecule has 0 aromatic carbocycles. The zero-order chi connectivity index (χ0) is 15.2. The molecule has 1 aromatic rings. The van der Waals surface area contributed by atoms with Crippen molar-refractivity contribution in [1.29, 1.82) is 0 Å². The largest absolute Gasteiger partial charge is 0.466 e. The fraction of sp³-hybridized carbons (Fsp3) is 0.533. The van der Waals surface area contributed by atoms with Crippen LogP contribution in [-0.4, -0.2) is 41.5 Å². The minimum absolute atomic E-state index is 0.0330. The van der Waals surface area contributed by atoms with Crippen LogP contribution in [-0.2, 0) is 16.1 Å². The molecule has 0 aliphatic carbocycles. The molecule has 1 aliphatic heterocycles. The molecule has 1 aliphatic rings. The first-order valence-corrected chi connectivity index (χ1v) is 7.26.